The predicted molar refractivity (Wildman–Crippen MR) is 122 cm³/mol. The van der Waals surface area contributed by atoms with Crippen LogP contribution in [0.2, 0.25) is 0 Å². The summed E-state index contributed by atoms with van der Waals surface area (Å²) in [6.45, 7) is -4.16. The Labute approximate surface area is 370 Å². The fraction of sp³-hybridized carbons (Fsp3) is 0.478. The van der Waals surface area contributed by atoms with E-state index in [2.05, 4.69) is 0 Å². The minimum Gasteiger partial charge on any atom is -0.549 e. The number of benzene rings is 1. The smallest absolute Gasteiger partial charge is 0.549 e. The van der Waals surface area contributed by atoms with Crippen molar-refractivity contribution in [2.24, 2.45) is 5.73 Å². The Hall–Kier alpha value is 0.680. The largest absolute Gasteiger partial charge is 1.00 e. The summed E-state index contributed by atoms with van der Waals surface area (Å²) >= 11 is 0. The topological polar surface area (TPSA) is 294 Å². The molecule has 0 heterocycles. The van der Waals surface area contributed by atoms with Crippen LogP contribution in [-0.4, -0.2) is 126 Å². The third-order valence-electron chi connectivity index (χ3n) is 4.94. The molecule has 0 aliphatic rings. The maximum absolute atomic E-state index is 10.8. The molecule has 45 heavy (non-hydrogen) atoms. The number of hydrogen-bond acceptors (Lipinski definition) is 16. The van der Waals surface area contributed by atoms with Crippen LogP contribution in [0.1, 0.15) is 5.56 Å². The van der Waals surface area contributed by atoms with Crippen LogP contribution in [0.5, 0.6) is 5.75 Å². The first-order valence-electron chi connectivity index (χ1n) is 11.5. The van der Waals surface area contributed by atoms with Gasteiger partial charge in [0.2, 0.25) is 0 Å². The minimum atomic E-state index is -1.54. The molecule has 4 N–H and O–H groups in total. The SMILES string of the molecule is N[C@@H](Cc1ccc(O)cc1)C(=O)O.O=C([O-])CN(CCN(CC(=O)[O-])CC(=O)[O-])CCN(CC(=O)[O-])CC(=O)[O-].[Na+].[Na+].[Na+].[Na+].[Na+]. The molecule has 1 aromatic carbocycles. The van der Waals surface area contributed by atoms with E-state index in [1.807, 2.05) is 0 Å². The molecule has 0 aliphatic carbocycles. The van der Waals surface area contributed by atoms with Gasteiger partial charge in [0.25, 0.3) is 0 Å². The molecule has 0 amide bonds. The van der Waals surface area contributed by atoms with Gasteiger partial charge in [-0.2, -0.15) is 0 Å². The van der Waals surface area contributed by atoms with Crippen LogP contribution in [0.25, 0.3) is 0 Å². The number of aromatic hydroxyl groups is 1. The monoisotopic (exact) mass is 684 g/mol. The molecule has 0 saturated carbocycles. The van der Waals surface area contributed by atoms with Gasteiger partial charge in [0.1, 0.15) is 11.8 Å². The first kappa shape index (κ1) is 57.9. The third kappa shape index (κ3) is 34.3. The Bertz CT molecular complexity index is 954. The average Bonchev–Trinajstić information content (AvgIpc) is 2.80. The standard InChI is InChI=1S/C14H23N3O10.C9H11NO3.5Na/c18-10(19)5-15(1-3-16(6-11(20)21)7-12(22)23)2-4-17(8-13(24)25)9-14(26)27;10-8(9(12)13)5-6-1-3-7(11)4-2-6;;;;;/h1-9H2,(H,18,19)(H,20,21)(H,22,23)(H,24,25)(H,26,27);1-4,8,11H,5,10H2,(H,12,13);;;;;/q;;5*+1/p-5/t;8-;;;;;/m.0...../s1. The van der Waals surface area contributed by atoms with E-state index < -0.39 is 74.6 Å². The fourth-order valence-electron chi connectivity index (χ4n) is 3.15. The molecule has 0 bridgehead atoms. The maximum Gasteiger partial charge on any atom is 1.00 e. The molecule has 17 nitrogen and oxygen atoms in total. The Morgan fingerprint density at radius 3 is 1.11 bits per heavy atom. The van der Waals surface area contributed by atoms with Crippen molar-refractivity contribution in [3.8, 4) is 5.75 Å². The third-order valence-corrected chi connectivity index (χ3v) is 4.94. The number of carbonyl (C=O) groups is 6. The van der Waals surface area contributed by atoms with Gasteiger partial charge in [-0.25, -0.2) is 0 Å². The number of phenolic OH excluding ortho intramolecular Hbond substituents is 1. The van der Waals surface area contributed by atoms with Crippen molar-refractivity contribution in [2.75, 3.05) is 58.9 Å². The van der Waals surface area contributed by atoms with E-state index >= 15 is 0 Å². The summed E-state index contributed by atoms with van der Waals surface area (Å²) in [5.74, 6) is -8.53. The van der Waals surface area contributed by atoms with Gasteiger partial charge in [0.05, 0.1) is 29.8 Å². The molecule has 1 atom stereocenters. The van der Waals surface area contributed by atoms with Crippen LogP contribution in [-0.2, 0) is 35.2 Å². The summed E-state index contributed by atoms with van der Waals surface area (Å²) in [4.78, 5) is 66.8. The number of carboxylic acids is 6. The van der Waals surface area contributed by atoms with Crippen molar-refractivity contribution in [2.45, 2.75) is 12.5 Å². The maximum atomic E-state index is 10.8. The Balaban J connectivity index is -0.000000180. The van der Waals surface area contributed by atoms with E-state index in [9.17, 15) is 54.3 Å². The van der Waals surface area contributed by atoms with E-state index in [0.717, 1.165) is 15.4 Å². The second-order valence-corrected chi connectivity index (χ2v) is 8.37. The van der Waals surface area contributed by atoms with Gasteiger partial charge >= 0.3 is 154 Å². The van der Waals surface area contributed by atoms with E-state index in [1.165, 1.54) is 17.0 Å². The average molecular weight is 684 g/mol. The summed E-state index contributed by atoms with van der Waals surface area (Å²) in [6.07, 6.45) is 0.273. The number of nitrogens with two attached hydrogens (primary N) is 1. The number of hydrogen-bond donors (Lipinski definition) is 3. The van der Waals surface area contributed by atoms with E-state index in [0.29, 0.717) is 0 Å². The predicted octanol–water partition coefficient (Wildman–Crippen LogP) is -24.0. The van der Waals surface area contributed by atoms with Crippen LogP contribution in [0, 0.1) is 0 Å². The second kappa shape index (κ2) is 33.2. The number of aliphatic carboxylic acids is 6. The summed E-state index contributed by atoms with van der Waals surface area (Å²) in [6, 6.07) is 5.42. The molecule has 22 heteroatoms. The number of rotatable bonds is 19. The summed E-state index contributed by atoms with van der Waals surface area (Å²) < 4.78 is 0. The molecule has 224 valence electrons. The van der Waals surface area contributed by atoms with Crippen LogP contribution in [0.15, 0.2) is 24.3 Å². The van der Waals surface area contributed by atoms with Crippen LogP contribution in [0.3, 0.4) is 0 Å². The van der Waals surface area contributed by atoms with E-state index in [-0.39, 0.29) is 186 Å². The van der Waals surface area contributed by atoms with Crippen molar-refractivity contribution in [3.63, 3.8) is 0 Å². The van der Waals surface area contributed by atoms with Crippen LogP contribution >= 0.6 is 0 Å². The molecule has 0 aromatic heterocycles. The van der Waals surface area contributed by atoms with Crippen LogP contribution in [0.4, 0.5) is 0 Å². The zero-order valence-corrected chi connectivity index (χ0v) is 36.3. The van der Waals surface area contributed by atoms with E-state index in [1.54, 1.807) is 12.1 Å². The molecular formula is C23H29N4Na5O13. The zero-order chi connectivity index (χ0) is 30.8. The van der Waals surface area contributed by atoms with Crippen molar-refractivity contribution < 1.29 is 212 Å². The Morgan fingerprint density at radius 1 is 0.578 bits per heavy atom. The van der Waals surface area contributed by atoms with Crippen molar-refractivity contribution >= 4 is 35.8 Å². The van der Waals surface area contributed by atoms with Gasteiger partial charge in [-0.05, 0) is 24.1 Å². The van der Waals surface area contributed by atoms with Gasteiger partial charge in [0, 0.05) is 58.9 Å². The zero-order valence-electron chi connectivity index (χ0n) is 26.3. The summed E-state index contributed by atoms with van der Waals surface area (Å²) in [7, 11) is 0. The molecular weight excluding hydrogens is 655 g/mol. The molecule has 0 fully saturated rings. The minimum absolute atomic E-state index is 0. The molecule has 0 spiro atoms. The first-order valence-corrected chi connectivity index (χ1v) is 11.5. The molecule has 1 aromatic rings. The second-order valence-electron chi connectivity index (χ2n) is 8.37. The van der Waals surface area contributed by atoms with Gasteiger partial charge in [-0.15, -0.1) is 0 Å². The number of phenols is 1. The number of nitrogens with zero attached hydrogens (tertiary/aromatic N) is 3. The molecule has 1 rings (SSSR count). The van der Waals surface area contributed by atoms with E-state index in [4.69, 9.17) is 15.9 Å². The molecule has 0 radical (unpaired) electrons. The number of carboxylic acid groups (broad SMARTS) is 6. The van der Waals surface area contributed by atoms with Crippen molar-refractivity contribution in [3.05, 3.63) is 29.8 Å². The van der Waals surface area contributed by atoms with Gasteiger partial charge in [0.15, 0.2) is 0 Å². The molecule has 0 saturated heterocycles. The van der Waals surface area contributed by atoms with Crippen LogP contribution < -0.4 is 179 Å². The molecule has 0 aliphatic heterocycles. The van der Waals surface area contributed by atoms with Gasteiger partial charge in [-0.1, -0.05) is 12.1 Å². The summed E-state index contributed by atoms with van der Waals surface area (Å²) in [5.41, 5.74) is 6.12. The normalized spacial score (nSPS) is 10.2. The van der Waals surface area contributed by atoms with Crippen molar-refractivity contribution in [1.29, 1.82) is 0 Å². The van der Waals surface area contributed by atoms with Crippen molar-refractivity contribution in [1.82, 2.24) is 14.7 Å². The Kier molecular flexibility index (Phi) is 42.7. The first-order chi connectivity index (χ1) is 18.6. The van der Waals surface area contributed by atoms with Gasteiger partial charge in [-0.3, -0.25) is 19.5 Å². The molecule has 0 unspecified atom stereocenters. The Morgan fingerprint density at radius 2 is 0.844 bits per heavy atom. The summed E-state index contributed by atoms with van der Waals surface area (Å²) in [5, 5.41) is 70.8. The quantitative estimate of drug-likeness (QED) is 0.114. The fourth-order valence-corrected chi connectivity index (χ4v) is 3.15. The number of carbonyl (C=O) groups excluding carboxylic acids is 5. The van der Waals surface area contributed by atoms with Gasteiger partial charge < -0.3 is 65.5 Å².